The average molecular weight is 210 g/mol. The molecule has 1 atom stereocenters. The largest absolute Gasteiger partial charge is 0.342 e. The topological polar surface area (TPSA) is 71.5 Å². The van der Waals surface area contributed by atoms with Crippen molar-refractivity contribution in [3.63, 3.8) is 0 Å². The lowest BCUT2D eigenvalue weighted by Gasteiger charge is -1.97. The van der Waals surface area contributed by atoms with E-state index >= 15 is 0 Å². The fourth-order valence-electron chi connectivity index (χ4n) is 1.11. The lowest BCUT2D eigenvalue weighted by Crippen LogP contribution is -2.02. The zero-order valence-corrected chi connectivity index (χ0v) is 8.54. The summed E-state index contributed by atoms with van der Waals surface area (Å²) in [5.74, 6) is 0.593. The quantitative estimate of drug-likeness (QED) is 0.763. The summed E-state index contributed by atoms with van der Waals surface area (Å²) in [6.07, 6.45) is 4.01. The van der Waals surface area contributed by atoms with Crippen molar-refractivity contribution in [2.24, 2.45) is 0 Å². The van der Waals surface area contributed by atoms with Gasteiger partial charge in [-0.1, -0.05) is 6.92 Å². The third-order valence-corrected chi connectivity index (χ3v) is 3.13. The summed E-state index contributed by atoms with van der Waals surface area (Å²) in [4.78, 5) is 15.0. The number of aromatic nitrogens is 4. The molecule has 0 amide bonds. The maximum Gasteiger partial charge on any atom is 0.220 e. The number of H-pyrrole nitrogens is 1. The van der Waals surface area contributed by atoms with Crippen LogP contribution in [0.3, 0.4) is 0 Å². The van der Waals surface area contributed by atoms with E-state index in [1.54, 1.807) is 12.5 Å². The molecule has 5 nitrogen and oxygen atoms in total. The van der Waals surface area contributed by atoms with Gasteiger partial charge in [-0.2, -0.15) is 4.98 Å². The number of fused-ring (bicyclic) bond motifs is 1. The Morgan fingerprint density at radius 3 is 3.14 bits per heavy atom. The Labute approximate surface area is 83.5 Å². The van der Waals surface area contributed by atoms with Gasteiger partial charge in [-0.25, -0.2) is 9.97 Å². The van der Waals surface area contributed by atoms with Gasteiger partial charge in [0.2, 0.25) is 5.16 Å². The molecule has 2 aromatic rings. The molecule has 0 spiro atoms. The summed E-state index contributed by atoms with van der Waals surface area (Å²) in [5, 5.41) is 0.367. The first-order chi connectivity index (χ1) is 6.81. The molecule has 6 heteroatoms. The van der Waals surface area contributed by atoms with Gasteiger partial charge < -0.3 is 4.98 Å². The van der Waals surface area contributed by atoms with E-state index < -0.39 is 10.8 Å². The number of nitrogens with one attached hydrogen (secondary N) is 1. The van der Waals surface area contributed by atoms with Crippen molar-refractivity contribution in [2.75, 3.05) is 5.75 Å². The minimum Gasteiger partial charge on any atom is -0.342 e. The van der Waals surface area contributed by atoms with E-state index in [1.807, 2.05) is 6.92 Å². The Hall–Kier alpha value is -1.30. The van der Waals surface area contributed by atoms with Gasteiger partial charge in [0.05, 0.1) is 23.3 Å². The second-order valence-corrected chi connectivity index (χ2v) is 4.31. The molecular weight excluding hydrogens is 200 g/mol. The Kier molecular flexibility index (Phi) is 2.53. The molecule has 2 heterocycles. The Morgan fingerprint density at radius 1 is 1.50 bits per heavy atom. The minimum absolute atomic E-state index is 0.367. The summed E-state index contributed by atoms with van der Waals surface area (Å²) in [6, 6.07) is 0. The van der Waals surface area contributed by atoms with Gasteiger partial charge in [0.1, 0.15) is 5.52 Å². The maximum atomic E-state index is 11.6. The van der Waals surface area contributed by atoms with Crippen molar-refractivity contribution in [1.29, 1.82) is 0 Å². The Bertz CT molecular complexity index is 467. The second kappa shape index (κ2) is 3.83. The third kappa shape index (κ3) is 1.65. The molecule has 0 aliphatic rings. The van der Waals surface area contributed by atoms with Gasteiger partial charge >= 0.3 is 0 Å². The molecule has 0 aliphatic carbocycles. The molecule has 2 rings (SSSR count). The second-order valence-electron chi connectivity index (χ2n) is 2.84. The molecule has 0 fully saturated rings. The van der Waals surface area contributed by atoms with Crippen LogP contribution in [0.4, 0.5) is 0 Å². The van der Waals surface area contributed by atoms with Gasteiger partial charge in [0, 0.05) is 5.75 Å². The molecule has 74 valence electrons. The molecule has 0 bridgehead atoms. The molecule has 1 N–H and O–H groups in total. The van der Waals surface area contributed by atoms with Crippen LogP contribution < -0.4 is 0 Å². The fourth-order valence-corrected chi connectivity index (χ4v) is 2.02. The lowest BCUT2D eigenvalue weighted by atomic mass is 10.6. The third-order valence-electron chi connectivity index (χ3n) is 1.75. The first-order valence-corrected chi connectivity index (χ1v) is 5.67. The number of hydrogen-bond donors (Lipinski definition) is 1. The van der Waals surface area contributed by atoms with Gasteiger partial charge in [0.25, 0.3) is 0 Å². The van der Waals surface area contributed by atoms with E-state index in [2.05, 4.69) is 19.9 Å². The van der Waals surface area contributed by atoms with E-state index in [-0.39, 0.29) is 0 Å². The van der Waals surface area contributed by atoms with Gasteiger partial charge in [-0.3, -0.25) is 4.21 Å². The number of imidazole rings is 1. The summed E-state index contributed by atoms with van der Waals surface area (Å²) in [6.45, 7) is 1.98. The highest BCUT2D eigenvalue weighted by atomic mass is 32.2. The molecule has 0 saturated heterocycles. The molecule has 0 radical (unpaired) electrons. The Morgan fingerprint density at radius 2 is 2.36 bits per heavy atom. The zero-order chi connectivity index (χ0) is 9.97. The molecular formula is C8H10N4OS. The van der Waals surface area contributed by atoms with Crippen LogP contribution in [-0.2, 0) is 10.8 Å². The van der Waals surface area contributed by atoms with E-state index in [4.69, 9.17) is 0 Å². The SMILES string of the molecule is CCCS(=O)c1ncc2[nH]cnc2n1. The van der Waals surface area contributed by atoms with Crippen LogP contribution in [0.15, 0.2) is 17.7 Å². The van der Waals surface area contributed by atoms with E-state index in [0.717, 1.165) is 11.9 Å². The molecule has 2 aromatic heterocycles. The summed E-state index contributed by atoms with van der Waals surface area (Å²) >= 11 is 0. The summed E-state index contributed by atoms with van der Waals surface area (Å²) < 4.78 is 11.6. The molecule has 0 aromatic carbocycles. The van der Waals surface area contributed by atoms with Crippen LogP contribution in [0.25, 0.3) is 11.2 Å². The molecule has 0 aliphatic heterocycles. The van der Waals surface area contributed by atoms with Crippen molar-refractivity contribution in [3.05, 3.63) is 12.5 Å². The first kappa shape index (κ1) is 9.26. The zero-order valence-electron chi connectivity index (χ0n) is 7.73. The normalized spacial score (nSPS) is 13.2. The van der Waals surface area contributed by atoms with Crippen molar-refractivity contribution in [3.8, 4) is 0 Å². The molecule has 1 unspecified atom stereocenters. The van der Waals surface area contributed by atoms with E-state index in [9.17, 15) is 4.21 Å². The number of hydrogen-bond acceptors (Lipinski definition) is 4. The van der Waals surface area contributed by atoms with E-state index in [0.29, 0.717) is 16.6 Å². The van der Waals surface area contributed by atoms with Gasteiger partial charge in [0.15, 0.2) is 5.65 Å². The molecule has 0 saturated carbocycles. The van der Waals surface area contributed by atoms with Crippen LogP contribution in [0.1, 0.15) is 13.3 Å². The van der Waals surface area contributed by atoms with Crippen molar-refractivity contribution in [1.82, 2.24) is 19.9 Å². The fraction of sp³-hybridized carbons (Fsp3) is 0.375. The van der Waals surface area contributed by atoms with Crippen molar-refractivity contribution >= 4 is 22.0 Å². The highest BCUT2D eigenvalue weighted by molar-refractivity contribution is 7.84. The monoisotopic (exact) mass is 210 g/mol. The van der Waals surface area contributed by atoms with Gasteiger partial charge in [-0.15, -0.1) is 0 Å². The minimum atomic E-state index is -1.10. The smallest absolute Gasteiger partial charge is 0.220 e. The number of rotatable bonds is 3. The average Bonchev–Trinajstić information content (AvgIpc) is 2.64. The predicted molar refractivity (Wildman–Crippen MR) is 53.3 cm³/mol. The lowest BCUT2D eigenvalue weighted by molar-refractivity contribution is 0.675. The van der Waals surface area contributed by atoms with Crippen LogP contribution in [0.2, 0.25) is 0 Å². The van der Waals surface area contributed by atoms with Gasteiger partial charge in [-0.05, 0) is 6.42 Å². The van der Waals surface area contributed by atoms with E-state index in [1.165, 1.54) is 0 Å². The van der Waals surface area contributed by atoms with Crippen LogP contribution >= 0.6 is 0 Å². The number of nitrogens with zero attached hydrogens (tertiary/aromatic N) is 3. The van der Waals surface area contributed by atoms with Crippen LogP contribution in [-0.4, -0.2) is 29.9 Å². The standard InChI is InChI=1S/C8H10N4OS/c1-2-3-14(13)8-9-4-6-7(12-8)11-5-10-6/h4-5H,2-3H2,1H3,(H,9,10,11,12). The van der Waals surface area contributed by atoms with Crippen molar-refractivity contribution < 1.29 is 4.21 Å². The van der Waals surface area contributed by atoms with Crippen LogP contribution in [0.5, 0.6) is 0 Å². The summed E-state index contributed by atoms with van der Waals surface area (Å²) in [7, 11) is -1.10. The van der Waals surface area contributed by atoms with Crippen LogP contribution in [0, 0.1) is 0 Å². The summed E-state index contributed by atoms with van der Waals surface area (Å²) in [5.41, 5.74) is 1.33. The Balaban J connectivity index is 2.38. The highest BCUT2D eigenvalue weighted by Gasteiger charge is 2.07. The highest BCUT2D eigenvalue weighted by Crippen LogP contribution is 2.07. The first-order valence-electron chi connectivity index (χ1n) is 4.35. The molecule has 14 heavy (non-hydrogen) atoms. The number of aromatic amines is 1. The maximum absolute atomic E-state index is 11.6. The predicted octanol–water partition coefficient (Wildman–Crippen LogP) is 0.870. The van der Waals surface area contributed by atoms with Crippen molar-refractivity contribution in [2.45, 2.75) is 18.5 Å².